The standard InChI is InChI=1S/C15H22FN3O/c1-8-3-4-10(5-9(8)2)19-14-6-11(15(18)20)13(17)7-12(14)16/h6-10,19H,3-5,17H2,1-2H3,(H2,18,20). The van der Waals surface area contributed by atoms with Crippen LogP contribution in [0.1, 0.15) is 43.5 Å². The van der Waals surface area contributed by atoms with E-state index in [1.54, 1.807) is 0 Å². The molecule has 1 aliphatic carbocycles. The molecule has 1 aliphatic rings. The maximum Gasteiger partial charge on any atom is 0.250 e. The van der Waals surface area contributed by atoms with E-state index in [4.69, 9.17) is 11.5 Å². The number of amides is 1. The first-order valence-electron chi connectivity index (χ1n) is 7.03. The molecule has 3 unspecified atom stereocenters. The van der Waals surface area contributed by atoms with E-state index in [0.717, 1.165) is 25.3 Å². The Morgan fingerprint density at radius 1 is 1.30 bits per heavy atom. The second kappa shape index (κ2) is 5.69. The highest BCUT2D eigenvalue weighted by atomic mass is 19.1. The number of primary amides is 1. The van der Waals surface area contributed by atoms with Crippen molar-refractivity contribution in [1.29, 1.82) is 0 Å². The van der Waals surface area contributed by atoms with Gasteiger partial charge in [0.1, 0.15) is 5.82 Å². The molecule has 2 rings (SSSR count). The summed E-state index contributed by atoms with van der Waals surface area (Å²) in [4.78, 5) is 11.3. The molecule has 0 heterocycles. The molecule has 20 heavy (non-hydrogen) atoms. The van der Waals surface area contributed by atoms with E-state index in [-0.39, 0.29) is 17.3 Å². The lowest BCUT2D eigenvalue weighted by Gasteiger charge is -2.33. The first-order chi connectivity index (χ1) is 9.38. The topological polar surface area (TPSA) is 81.1 Å². The van der Waals surface area contributed by atoms with Gasteiger partial charge >= 0.3 is 0 Å². The van der Waals surface area contributed by atoms with Crippen LogP contribution in [0.2, 0.25) is 0 Å². The average Bonchev–Trinajstić information content (AvgIpc) is 2.36. The molecule has 0 aromatic heterocycles. The third kappa shape index (κ3) is 3.03. The van der Waals surface area contributed by atoms with Crippen molar-refractivity contribution in [3.63, 3.8) is 0 Å². The monoisotopic (exact) mass is 279 g/mol. The highest BCUT2D eigenvalue weighted by molar-refractivity contribution is 5.99. The van der Waals surface area contributed by atoms with Crippen molar-refractivity contribution in [2.75, 3.05) is 11.1 Å². The van der Waals surface area contributed by atoms with Crippen LogP contribution in [0.5, 0.6) is 0 Å². The second-order valence-electron chi connectivity index (χ2n) is 5.89. The molecule has 0 saturated heterocycles. The molecule has 5 heteroatoms. The third-order valence-electron chi connectivity index (χ3n) is 4.36. The molecule has 0 aliphatic heterocycles. The van der Waals surface area contributed by atoms with Gasteiger partial charge in [0.25, 0.3) is 5.91 Å². The summed E-state index contributed by atoms with van der Waals surface area (Å²) >= 11 is 0. The molecule has 5 N–H and O–H groups in total. The Morgan fingerprint density at radius 2 is 2.00 bits per heavy atom. The van der Waals surface area contributed by atoms with E-state index in [2.05, 4.69) is 19.2 Å². The number of carbonyl (C=O) groups excluding carboxylic acids is 1. The first kappa shape index (κ1) is 14.6. The maximum absolute atomic E-state index is 13.9. The summed E-state index contributed by atoms with van der Waals surface area (Å²) in [5, 5.41) is 3.18. The van der Waals surface area contributed by atoms with Crippen molar-refractivity contribution < 1.29 is 9.18 Å². The van der Waals surface area contributed by atoms with E-state index >= 15 is 0 Å². The molecule has 1 aromatic carbocycles. The molecule has 1 saturated carbocycles. The number of rotatable bonds is 3. The number of nitrogens with one attached hydrogen (secondary N) is 1. The van der Waals surface area contributed by atoms with Crippen LogP contribution >= 0.6 is 0 Å². The number of hydrogen-bond donors (Lipinski definition) is 3. The highest BCUT2D eigenvalue weighted by Crippen LogP contribution is 2.32. The van der Waals surface area contributed by atoms with Gasteiger partial charge in [0.15, 0.2) is 0 Å². The molecule has 0 spiro atoms. The second-order valence-corrected chi connectivity index (χ2v) is 5.89. The van der Waals surface area contributed by atoms with Crippen molar-refractivity contribution >= 4 is 17.3 Å². The van der Waals surface area contributed by atoms with Gasteiger partial charge in [-0.25, -0.2) is 4.39 Å². The van der Waals surface area contributed by atoms with Crippen molar-refractivity contribution in [2.24, 2.45) is 17.6 Å². The predicted octanol–water partition coefficient (Wildman–Crippen LogP) is 2.74. The number of anilines is 2. The summed E-state index contributed by atoms with van der Waals surface area (Å²) in [6.07, 6.45) is 3.12. The maximum atomic E-state index is 13.9. The summed E-state index contributed by atoms with van der Waals surface area (Å²) in [7, 11) is 0. The average molecular weight is 279 g/mol. The number of nitrogen functional groups attached to an aromatic ring is 1. The number of nitrogens with two attached hydrogens (primary N) is 2. The zero-order valence-electron chi connectivity index (χ0n) is 11.9. The lowest BCUT2D eigenvalue weighted by molar-refractivity contribution is 0.100. The van der Waals surface area contributed by atoms with Crippen molar-refractivity contribution in [2.45, 2.75) is 39.2 Å². The van der Waals surface area contributed by atoms with Crippen LogP contribution in [-0.2, 0) is 0 Å². The van der Waals surface area contributed by atoms with Crippen LogP contribution in [0.4, 0.5) is 15.8 Å². The minimum Gasteiger partial charge on any atom is -0.398 e. The van der Waals surface area contributed by atoms with Gasteiger partial charge in [0.05, 0.1) is 11.3 Å². The lowest BCUT2D eigenvalue weighted by atomic mass is 9.79. The van der Waals surface area contributed by atoms with Gasteiger partial charge in [-0.15, -0.1) is 0 Å². The highest BCUT2D eigenvalue weighted by Gasteiger charge is 2.25. The Kier molecular flexibility index (Phi) is 4.16. The van der Waals surface area contributed by atoms with Crippen molar-refractivity contribution in [1.82, 2.24) is 0 Å². The van der Waals surface area contributed by atoms with Crippen molar-refractivity contribution in [3.05, 3.63) is 23.5 Å². The third-order valence-corrected chi connectivity index (χ3v) is 4.36. The zero-order valence-corrected chi connectivity index (χ0v) is 11.9. The normalized spacial score (nSPS) is 26.2. The van der Waals surface area contributed by atoms with Gasteiger partial charge < -0.3 is 16.8 Å². The number of benzene rings is 1. The van der Waals surface area contributed by atoms with Crippen LogP contribution in [0, 0.1) is 17.7 Å². The Bertz CT molecular complexity index is 518. The summed E-state index contributed by atoms with van der Waals surface area (Å²) in [5.41, 5.74) is 11.4. The smallest absolute Gasteiger partial charge is 0.250 e. The van der Waals surface area contributed by atoms with Crippen LogP contribution in [0.3, 0.4) is 0 Å². The molecule has 1 amide bonds. The minimum absolute atomic E-state index is 0.0752. The molecule has 110 valence electrons. The molecule has 0 bridgehead atoms. The summed E-state index contributed by atoms with van der Waals surface area (Å²) < 4.78 is 13.9. The molecule has 3 atom stereocenters. The van der Waals surface area contributed by atoms with Gasteiger partial charge in [0, 0.05) is 11.7 Å². The van der Waals surface area contributed by atoms with Gasteiger partial charge in [0.2, 0.25) is 0 Å². The van der Waals surface area contributed by atoms with E-state index < -0.39 is 11.7 Å². The van der Waals surface area contributed by atoms with Gasteiger partial charge in [-0.05, 0) is 43.2 Å². The Balaban J connectivity index is 2.17. The molecule has 0 radical (unpaired) electrons. The quantitative estimate of drug-likeness (QED) is 0.744. The van der Waals surface area contributed by atoms with Crippen LogP contribution in [0.25, 0.3) is 0 Å². The van der Waals surface area contributed by atoms with Crippen LogP contribution in [-0.4, -0.2) is 11.9 Å². The van der Waals surface area contributed by atoms with E-state index in [1.807, 2.05) is 0 Å². The number of carbonyl (C=O) groups is 1. The largest absolute Gasteiger partial charge is 0.398 e. The van der Waals surface area contributed by atoms with Crippen LogP contribution in [0.15, 0.2) is 12.1 Å². The Hall–Kier alpha value is -1.78. The molecule has 1 aromatic rings. The SMILES string of the molecule is CC1CCC(Nc2cc(C(N)=O)c(N)cc2F)CC1C. The van der Waals surface area contributed by atoms with Crippen molar-refractivity contribution in [3.8, 4) is 0 Å². The van der Waals surface area contributed by atoms with E-state index in [0.29, 0.717) is 17.5 Å². The van der Waals surface area contributed by atoms with Gasteiger partial charge in [-0.3, -0.25) is 4.79 Å². The van der Waals surface area contributed by atoms with E-state index in [1.165, 1.54) is 6.07 Å². The van der Waals surface area contributed by atoms with Gasteiger partial charge in [-0.1, -0.05) is 13.8 Å². The number of hydrogen-bond acceptors (Lipinski definition) is 3. The summed E-state index contributed by atoms with van der Waals surface area (Å²) in [6, 6.07) is 2.78. The molecule has 4 nitrogen and oxygen atoms in total. The molecular formula is C15H22FN3O. The lowest BCUT2D eigenvalue weighted by Crippen LogP contribution is -2.30. The van der Waals surface area contributed by atoms with Crippen LogP contribution < -0.4 is 16.8 Å². The fourth-order valence-electron chi connectivity index (χ4n) is 2.81. The molecule has 1 fully saturated rings. The molecular weight excluding hydrogens is 257 g/mol. The summed E-state index contributed by atoms with van der Waals surface area (Å²) in [6.45, 7) is 4.46. The van der Waals surface area contributed by atoms with Gasteiger partial charge in [-0.2, -0.15) is 0 Å². The minimum atomic E-state index is -0.642. The fraction of sp³-hybridized carbons (Fsp3) is 0.533. The Morgan fingerprint density at radius 3 is 2.60 bits per heavy atom. The zero-order chi connectivity index (χ0) is 14.9. The van der Waals surface area contributed by atoms with E-state index in [9.17, 15) is 9.18 Å². The predicted molar refractivity (Wildman–Crippen MR) is 78.9 cm³/mol. The number of halogens is 1. The summed E-state index contributed by atoms with van der Waals surface area (Å²) in [5.74, 6) is 0.217. The fourth-order valence-corrected chi connectivity index (χ4v) is 2.81. The Labute approximate surface area is 118 Å². The first-order valence-corrected chi connectivity index (χ1v) is 7.03.